The van der Waals surface area contributed by atoms with E-state index < -0.39 is 17.8 Å². The summed E-state index contributed by atoms with van der Waals surface area (Å²) in [5, 5.41) is 2.78. The van der Waals surface area contributed by atoms with Crippen molar-refractivity contribution in [3.05, 3.63) is 104 Å². The molecule has 1 fully saturated rings. The van der Waals surface area contributed by atoms with Gasteiger partial charge in [0.1, 0.15) is 23.9 Å². The van der Waals surface area contributed by atoms with Crippen molar-refractivity contribution >= 4 is 45.5 Å². The van der Waals surface area contributed by atoms with Crippen molar-refractivity contribution in [1.29, 1.82) is 0 Å². The van der Waals surface area contributed by atoms with Gasteiger partial charge in [0.25, 0.3) is 5.91 Å². The Morgan fingerprint density at radius 2 is 1.79 bits per heavy atom. The molecule has 3 aromatic carbocycles. The third kappa shape index (κ3) is 5.23. The fourth-order valence-corrected chi connectivity index (χ4v) is 4.21. The SMILES string of the molecule is O=C1N/C(=C/c2cc(Cl)c(OCc3ccccc3F)c(Br)c2)C(=O)N1Cc1ccc(F)cc1. The average Bonchev–Trinajstić information content (AvgIpc) is 3.03. The summed E-state index contributed by atoms with van der Waals surface area (Å²) in [6.07, 6.45) is 1.49. The van der Waals surface area contributed by atoms with Gasteiger partial charge in [-0.3, -0.25) is 9.69 Å². The Hall–Kier alpha value is -3.23. The lowest BCUT2D eigenvalue weighted by Gasteiger charge is -2.12. The van der Waals surface area contributed by atoms with Crippen molar-refractivity contribution < 1.29 is 23.1 Å². The summed E-state index contributed by atoms with van der Waals surface area (Å²) in [7, 11) is 0. The lowest BCUT2D eigenvalue weighted by molar-refractivity contribution is -0.123. The van der Waals surface area contributed by atoms with Gasteiger partial charge in [0.05, 0.1) is 16.0 Å². The summed E-state index contributed by atoms with van der Waals surface area (Å²) in [6.45, 7) is -0.00607. The zero-order valence-corrected chi connectivity index (χ0v) is 19.3. The van der Waals surface area contributed by atoms with E-state index in [1.54, 1.807) is 30.3 Å². The highest BCUT2D eigenvalue weighted by molar-refractivity contribution is 9.10. The first kappa shape index (κ1) is 22.9. The van der Waals surface area contributed by atoms with Crippen LogP contribution < -0.4 is 10.1 Å². The van der Waals surface area contributed by atoms with E-state index in [9.17, 15) is 18.4 Å². The van der Waals surface area contributed by atoms with Crippen molar-refractivity contribution in [3.63, 3.8) is 0 Å². The second-order valence-electron chi connectivity index (χ2n) is 7.20. The van der Waals surface area contributed by atoms with Crippen LogP contribution >= 0.6 is 27.5 Å². The lowest BCUT2D eigenvalue weighted by Crippen LogP contribution is -2.30. The molecular weight excluding hydrogens is 518 g/mol. The quantitative estimate of drug-likeness (QED) is 0.310. The van der Waals surface area contributed by atoms with Crippen LogP contribution in [0, 0.1) is 11.6 Å². The van der Waals surface area contributed by atoms with Gasteiger partial charge in [-0.25, -0.2) is 13.6 Å². The third-order valence-electron chi connectivity index (χ3n) is 4.88. The van der Waals surface area contributed by atoms with Crippen LogP contribution in [0.15, 0.2) is 70.8 Å². The number of rotatable bonds is 6. The zero-order valence-electron chi connectivity index (χ0n) is 16.9. The number of halogens is 4. The fraction of sp³-hybridized carbons (Fsp3) is 0.0833. The van der Waals surface area contributed by atoms with E-state index >= 15 is 0 Å². The highest BCUT2D eigenvalue weighted by Crippen LogP contribution is 2.36. The number of ether oxygens (including phenoxy) is 1. The number of imide groups is 1. The Balaban J connectivity index is 1.50. The van der Waals surface area contributed by atoms with Crippen LogP contribution in [0.2, 0.25) is 5.02 Å². The van der Waals surface area contributed by atoms with Crippen LogP contribution in [0.1, 0.15) is 16.7 Å². The highest BCUT2D eigenvalue weighted by Gasteiger charge is 2.33. The number of nitrogens with one attached hydrogen (secondary N) is 1. The van der Waals surface area contributed by atoms with Gasteiger partial charge in [-0.05, 0) is 63.5 Å². The van der Waals surface area contributed by atoms with Crippen molar-refractivity contribution in [3.8, 4) is 5.75 Å². The summed E-state index contributed by atoms with van der Waals surface area (Å²) >= 11 is 9.73. The van der Waals surface area contributed by atoms with Gasteiger partial charge in [-0.2, -0.15) is 0 Å². The number of benzene rings is 3. The standard InChI is InChI=1S/C24H16BrClF2N2O3/c25-18-9-15(10-19(26)22(18)33-13-16-3-1-2-4-20(16)28)11-21-23(31)30(24(32)29-21)12-14-5-7-17(27)8-6-14/h1-11H,12-13H2,(H,29,32)/b21-11+. The van der Waals surface area contributed by atoms with Gasteiger partial charge in [0.2, 0.25) is 0 Å². The molecule has 9 heteroatoms. The molecule has 1 aliphatic heterocycles. The molecule has 3 aromatic rings. The Bertz CT molecular complexity index is 1240. The van der Waals surface area contributed by atoms with Crippen LogP contribution in [0.4, 0.5) is 13.6 Å². The van der Waals surface area contributed by atoms with Gasteiger partial charge in [-0.15, -0.1) is 0 Å². The molecule has 1 heterocycles. The number of carbonyl (C=O) groups is 2. The number of nitrogens with zero attached hydrogens (tertiary/aromatic N) is 1. The number of hydrogen-bond acceptors (Lipinski definition) is 3. The molecule has 33 heavy (non-hydrogen) atoms. The van der Waals surface area contributed by atoms with Gasteiger partial charge in [-0.1, -0.05) is 41.9 Å². The van der Waals surface area contributed by atoms with E-state index in [0.29, 0.717) is 26.9 Å². The summed E-state index contributed by atoms with van der Waals surface area (Å²) < 4.78 is 33.1. The second kappa shape index (κ2) is 9.72. The lowest BCUT2D eigenvalue weighted by atomic mass is 10.1. The topological polar surface area (TPSA) is 58.6 Å². The van der Waals surface area contributed by atoms with E-state index in [4.69, 9.17) is 16.3 Å². The summed E-state index contributed by atoms with van der Waals surface area (Å²) in [4.78, 5) is 26.0. The van der Waals surface area contributed by atoms with Crippen molar-refractivity contribution in [2.24, 2.45) is 0 Å². The maximum atomic E-state index is 13.8. The van der Waals surface area contributed by atoms with Crippen LogP contribution in [0.25, 0.3) is 6.08 Å². The molecule has 0 saturated carbocycles. The maximum absolute atomic E-state index is 13.8. The van der Waals surface area contributed by atoms with Gasteiger partial charge < -0.3 is 10.1 Å². The molecular formula is C24H16BrClF2N2O3. The minimum atomic E-state index is -0.578. The molecule has 0 bridgehead atoms. The zero-order chi connectivity index (χ0) is 23.5. The normalized spacial score (nSPS) is 14.7. The van der Waals surface area contributed by atoms with E-state index in [1.807, 2.05) is 0 Å². The minimum absolute atomic E-state index is 0.00948. The Morgan fingerprint density at radius 1 is 1.06 bits per heavy atom. The Labute approximate surface area is 201 Å². The largest absolute Gasteiger partial charge is 0.486 e. The number of amides is 3. The summed E-state index contributed by atoms with van der Waals surface area (Å²) in [5.41, 5.74) is 1.61. The molecule has 0 atom stereocenters. The number of hydrogen-bond donors (Lipinski definition) is 1. The minimum Gasteiger partial charge on any atom is -0.486 e. The Morgan fingerprint density at radius 3 is 2.48 bits per heavy atom. The van der Waals surface area contributed by atoms with Gasteiger partial charge >= 0.3 is 6.03 Å². The second-order valence-corrected chi connectivity index (χ2v) is 8.46. The van der Waals surface area contributed by atoms with Gasteiger partial charge in [0.15, 0.2) is 5.75 Å². The molecule has 5 nitrogen and oxygen atoms in total. The molecule has 168 valence electrons. The maximum Gasteiger partial charge on any atom is 0.329 e. The number of urea groups is 1. The van der Waals surface area contributed by atoms with Crippen molar-refractivity contribution in [2.75, 3.05) is 0 Å². The fourth-order valence-electron chi connectivity index (χ4n) is 3.22. The molecule has 1 saturated heterocycles. The first-order chi connectivity index (χ1) is 15.8. The first-order valence-electron chi connectivity index (χ1n) is 9.76. The average molecular weight is 534 g/mol. The molecule has 0 aliphatic carbocycles. The monoisotopic (exact) mass is 532 g/mol. The molecule has 0 spiro atoms. The van der Waals surface area contributed by atoms with Crippen LogP contribution in [-0.4, -0.2) is 16.8 Å². The van der Waals surface area contributed by atoms with E-state index in [1.165, 1.54) is 36.4 Å². The molecule has 1 aliphatic rings. The van der Waals surface area contributed by atoms with Crippen LogP contribution in [0.5, 0.6) is 5.75 Å². The smallest absolute Gasteiger partial charge is 0.329 e. The Kier molecular flexibility index (Phi) is 6.76. The van der Waals surface area contributed by atoms with E-state index in [0.717, 1.165) is 4.90 Å². The molecule has 3 amide bonds. The molecule has 0 unspecified atom stereocenters. The molecule has 0 aromatic heterocycles. The molecule has 1 N–H and O–H groups in total. The number of carbonyl (C=O) groups excluding carboxylic acids is 2. The van der Waals surface area contributed by atoms with E-state index in [2.05, 4.69) is 21.2 Å². The summed E-state index contributed by atoms with van der Waals surface area (Å²) in [5.74, 6) is -0.981. The van der Waals surface area contributed by atoms with Crippen molar-refractivity contribution in [2.45, 2.75) is 13.2 Å². The summed E-state index contributed by atoms with van der Waals surface area (Å²) in [6, 6.07) is 14.5. The first-order valence-corrected chi connectivity index (χ1v) is 10.9. The van der Waals surface area contributed by atoms with Crippen LogP contribution in [0.3, 0.4) is 0 Å². The molecule has 0 radical (unpaired) electrons. The predicted molar refractivity (Wildman–Crippen MR) is 123 cm³/mol. The molecule has 4 rings (SSSR count). The highest BCUT2D eigenvalue weighted by atomic mass is 79.9. The van der Waals surface area contributed by atoms with Crippen LogP contribution in [-0.2, 0) is 17.9 Å². The third-order valence-corrected chi connectivity index (χ3v) is 5.75. The van der Waals surface area contributed by atoms with Crippen molar-refractivity contribution in [1.82, 2.24) is 10.2 Å². The van der Waals surface area contributed by atoms with E-state index in [-0.39, 0.29) is 29.7 Å². The predicted octanol–water partition coefficient (Wildman–Crippen LogP) is 6.05. The van der Waals surface area contributed by atoms with Gasteiger partial charge in [0, 0.05) is 5.56 Å².